The molecular weight excluding hydrogens is 408 g/mol. The van der Waals surface area contributed by atoms with Crippen molar-refractivity contribution in [2.75, 3.05) is 6.61 Å². The van der Waals surface area contributed by atoms with Crippen LogP contribution in [0.2, 0.25) is 0 Å². The Bertz CT molecular complexity index is 1160. The number of aryl methyl sites for hydroxylation is 1. The monoisotopic (exact) mass is 436 g/mol. The number of alkyl carbamates (subject to hydrolysis) is 1. The van der Waals surface area contributed by atoms with Gasteiger partial charge in [-0.25, -0.2) is 19.1 Å². The van der Waals surface area contributed by atoms with Gasteiger partial charge in [-0.2, -0.15) is 5.10 Å². The van der Waals surface area contributed by atoms with E-state index < -0.39 is 11.7 Å². The van der Waals surface area contributed by atoms with Crippen LogP contribution in [-0.4, -0.2) is 38.9 Å². The Morgan fingerprint density at radius 2 is 2.00 bits per heavy atom. The molecule has 1 amide bonds. The molecule has 0 aliphatic rings. The molecule has 3 aromatic rings. The quantitative estimate of drug-likeness (QED) is 0.457. The Morgan fingerprint density at radius 3 is 2.69 bits per heavy atom. The van der Waals surface area contributed by atoms with Crippen LogP contribution in [0.1, 0.15) is 44.4 Å². The Kier molecular flexibility index (Phi) is 6.92. The van der Waals surface area contributed by atoms with E-state index in [4.69, 9.17) is 9.47 Å². The molecule has 2 aromatic heterocycles. The second-order valence-electron chi connectivity index (χ2n) is 8.29. The van der Waals surface area contributed by atoms with E-state index in [9.17, 15) is 9.59 Å². The zero-order valence-corrected chi connectivity index (χ0v) is 19.0. The molecular formula is C24H28N4O4. The molecule has 8 heteroatoms. The number of carbonyl (C=O) groups excluding carboxylic acids is 2. The Balaban J connectivity index is 1.80. The van der Waals surface area contributed by atoms with Gasteiger partial charge in [0.25, 0.3) is 0 Å². The molecule has 8 nitrogen and oxygen atoms in total. The van der Waals surface area contributed by atoms with Crippen molar-refractivity contribution in [3.63, 3.8) is 0 Å². The zero-order chi connectivity index (χ0) is 23.3. The summed E-state index contributed by atoms with van der Waals surface area (Å²) < 4.78 is 11.9. The van der Waals surface area contributed by atoms with Crippen LogP contribution in [0, 0.1) is 6.92 Å². The van der Waals surface area contributed by atoms with Crippen molar-refractivity contribution in [1.29, 1.82) is 0 Å². The summed E-state index contributed by atoms with van der Waals surface area (Å²) in [6.07, 6.45) is 5.95. The van der Waals surface area contributed by atoms with Crippen LogP contribution in [0.4, 0.5) is 4.79 Å². The van der Waals surface area contributed by atoms with E-state index in [0.29, 0.717) is 13.2 Å². The molecule has 0 saturated carbocycles. The number of nitrogens with one attached hydrogen (secondary N) is 1. The highest BCUT2D eigenvalue weighted by atomic mass is 16.6. The first-order valence-electron chi connectivity index (χ1n) is 10.4. The van der Waals surface area contributed by atoms with E-state index in [1.54, 1.807) is 17.5 Å². The molecule has 0 unspecified atom stereocenters. The summed E-state index contributed by atoms with van der Waals surface area (Å²) in [6.45, 7) is 9.94. The second kappa shape index (κ2) is 9.64. The maximum absolute atomic E-state index is 11.9. The average molecular weight is 437 g/mol. The smallest absolute Gasteiger partial charge is 0.407 e. The van der Waals surface area contributed by atoms with Crippen LogP contribution >= 0.6 is 0 Å². The van der Waals surface area contributed by atoms with Crippen molar-refractivity contribution in [3.05, 3.63) is 59.6 Å². The summed E-state index contributed by atoms with van der Waals surface area (Å²) in [6, 6.07) is 7.86. The molecule has 2 heterocycles. The lowest BCUT2D eigenvalue weighted by atomic mass is 10.0. The third-order valence-electron chi connectivity index (χ3n) is 4.56. The molecule has 0 atom stereocenters. The number of esters is 1. The van der Waals surface area contributed by atoms with Gasteiger partial charge in [0.05, 0.1) is 17.8 Å². The van der Waals surface area contributed by atoms with Gasteiger partial charge in [-0.3, -0.25) is 0 Å². The van der Waals surface area contributed by atoms with E-state index >= 15 is 0 Å². The van der Waals surface area contributed by atoms with E-state index in [1.807, 2.05) is 58.2 Å². The van der Waals surface area contributed by atoms with E-state index in [0.717, 1.165) is 33.5 Å². The maximum Gasteiger partial charge on any atom is 0.407 e. The summed E-state index contributed by atoms with van der Waals surface area (Å²) in [7, 11) is 0. The van der Waals surface area contributed by atoms with Gasteiger partial charge in [0.2, 0.25) is 0 Å². The topological polar surface area (TPSA) is 94.8 Å². The molecule has 0 aliphatic heterocycles. The van der Waals surface area contributed by atoms with Crippen LogP contribution < -0.4 is 5.32 Å². The molecule has 32 heavy (non-hydrogen) atoms. The summed E-state index contributed by atoms with van der Waals surface area (Å²) >= 11 is 0. The van der Waals surface area contributed by atoms with Crippen molar-refractivity contribution < 1.29 is 19.1 Å². The zero-order valence-electron chi connectivity index (χ0n) is 19.0. The number of ether oxygens (including phenoxy) is 2. The molecule has 0 saturated heterocycles. The lowest BCUT2D eigenvalue weighted by molar-refractivity contribution is -0.137. The summed E-state index contributed by atoms with van der Waals surface area (Å²) in [5.41, 5.74) is 4.79. The van der Waals surface area contributed by atoms with Crippen LogP contribution in [0.15, 0.2) is 42.9 Å². The summed E-state index contributed by atoms with van der Waals surface area (Å²) in [5.74, 6) is -0.389. The number of hydrogen-bond acceptors (Lipinski definition) is 6. The maximum atomic E-state index is 11.9. The van der Waals surface area contributed by atoms with Crippen molar-refractivity contribution in [1.82, 2.24) is 19.9 Å². The van der Waals surface area contributed by atoms with Crippen molar-refractivity contribution in [2.45, 2.75) is 46.8 Å². The van der Waals surface area contributed by atoms with Gasteiger partial charge in [0, 0.05) is 24.4 Å². The lowest BCUT2D eigenvalue weighted by Crippen LogP contribution is -2.32. The number of hydrogen-bond donors (Lipinski definition) is 1. The molecule has 0 bridgehead atoms. The summed E-state index contributed by atoms with van der Waals surface area (Å²) in [4.78, 5) is 28.0. The minimum absolute atomic E-state index is 0.333. The molecule has 0 spiro atoms. The molecule has 1 aromatic carbocycles. The normalized spacial score (nSPS) is 11.7. The predicted octanol–water partition coefficient (Wildman–Crippen LogP) is 4.31. The molecule has 1 N–H and O–H groups in total. The third-order valence-corrected chi connectivity index (χ3v) is 4.56. The Morgan fingerprint density at radius 1 is 1.22 bits per heavy atom. The van der Waals surface area contributed by atoms with Crippen LogP contribution in [0.25, 0.3) is 22.9 Å². The van der Waals surface area contributed by atoms with Gasteiger partial charge in [0.1, 0.15) is 11.9 Å². The molecule has 3 rings (SSSR count). The molecule has 0 radical (unpaired) electrons. The Hall–Kier alpha value is -3.68. The Labute approximate surface area is 187 Å². The van der Waals surface area contributed by atoms with Crippen LogP contribution in [0.3, 0.4) is 0 Å². The predicted molar refractivity (Wildman–Crippen MR) is 122 cm³/mol. The number of aromatic nitrogens is 3. The molecule has 168 valence electrons. The number of fused-ring (bicyclic) bond motifs is 1. The van der Waals surface area contributed by atoms with Crippen molar-refractivity contribution in [3.8, 4) is 11.3 Å². The fourth-order valence-corrected chi connectivity index (χ4v) is 3.14. The number of carbonyl (C=O) groups is 2. The van der Waals surface area contributed by atoms with E-state index in [-0.39, 0.29) is 5.97 Å². The molecule has 0 fully saturated rings. The SMILES string of the molecule is CCOC(=O)/C=C/c1cc2c(-c3ccc(CNC(=O)OC(C)(C)C)c(C)c3)ncnn2c1. The number of rotatable bonds is 6. The van der Waals surface area contributed by atoms with Gasteiger partial charge >= 0.3 is 12.1 Å². The second-order valence-corrected chi connectivity index (χ2v) is 8.29. The number of benzene rings is 1. The van der Waals surface area contributed by atoms with Crippen molar-refractivity contribution >= 4 is 23.7 Å². The number of nitrogens with zero attached hydrogens (tertiary/aromatic N) is 3. The van der Waals surface area contributed by atoms with Gasteiger partial charge in [0.15, 0.2) is 0 Å². The minimum Gasteiger partial charge on any atom is -0.463 e. The highest BCUT2D eigenvalue weighted by Crippen LogP contribution is 2.26. The van der Waals surface area contributed by atoms with E-state index in [2.05, 4.69) is 15.4 Å². The summed E-state index contributed by atoms with van der Waals surface area (Å²) in [5, 5.41) is 7.05. The minimum atomic E-state index is -0.539. The highest BCUT2D eigenvalue weighted by Gasteiger charge is 2.16. The van der Waals surface area contributed by atoms with Gasteiger partial charge in [-0.05, 0) is 69.5 Å². The first-order valence-corrected chi connectivity index (χ1v) is 10.4. The van der Waals surface area contributed by atoms with Crippen molar-refractivity contribution in [2.24, 2.45) is 0 Å². The molecule has 0 aliphatic carbocycles. The first-order chi connectivity index (χ1) is 15.2. The standard InChI is InChI=1S/C24H28N4O4/c1-6-31-21(29)10-7-17-12-20-22(26-15-27-28(20)14-17)18-8-9-19(16(2)11-18)13-25-23(30)32-24(3,4)5/h7-12,14-15H,6,13H2,1-5H3,(H,25,30)/b10-7+. The third kappa shape index (κ3) is 5.94. The van der Waals surface area contributed by atoms with E-state index in [1.165, 1.54) is 12.4 Å². The van der Waals surface area contributed by atoms with Gasteiger partial charge < -0.3 is 14.8 Å². The first kappa shape index (κ1) is 23.0. The van der Waals surface area contributed by atoms with Gasteiger partial charge in [-0.1, -0.05) is 12.1 Å². The average Bonchev–Trinajstić information content (AvgIpc) is 3.13. The fourth-order valence-electron chi connectivity index (χ4n) is 3.14. The van der Waals surface area contributed by atoms with Crippen LogP contribution in [0.5, 0.6) is 0 Å². The van der Waals surface area contributed by atoms with Gasteiger partial charge in [-0.15, -0.1) is 0 Å². The lowest BCUT2D eigenvalue weighted by Gasteiger charge is -2.20. The highest BCUT2D eigenvalue weighted by molar-refractivity contribution is 5.88. The fraction of sp³-hybridized carbons (Fsp3) is 0.333. The van der Waals surface area contributed by atoms with Crippen LogP contribution in [-0.2, 0) is 20.8 Å². The largest absolute Gasteiger partial charge is 0.463 e. The number of amides is 1.